The molecule has 0 radical (unpaired) electrons. The maximum absolute atomic E-state index is 5.98. The van der Waals surface area contributed by atoms with Crippen LogP contribution in [0.15, 0.2) is 57.6 Å². The van der Waals surface area contributed by atoms with E-state index >= 15 is 0 Å². The maximum Gasteiger partial charge on any atom is 0.134 e. The van der Waals surface area contributed by atoms with Gasteiger partial charge >= 0.3 is 0 Å². The van der Waals surface area contributed by atoms with Gasteiger partial charge in [0.1, 0.15) is 11.3 Å². The standard InChI is InChI=1S/C17H17BrN2O/c1-2-19-15(10-14-8-7-13(18)11-20-14)17-9-12-5-3-4-6-16(12)21-17/h3-9,11,15,19H,2,10H2,1H3. The number of likely N-dealkylation sites (N-methyl/N-ethyl adjacent to an activating group) is 1. The molecular weight excluding hydrogens is 328 g/mol. The molecule has 1 aromatic carbocycles. The number of hydrogen-bond donors (Lipinski definition) is 1. The molecule has 0 aliphatic heterocycles. The molecule has 108 valence electrons. The fraction of sp³-hybridized carbons (Fsp3) is 0.235. The van der Waals surface area contributed by atoms with Crippen molar-refractivity contribution in [2.24, 2.45) is 0 Å². The van der Waals surface area contributed by atoms with Gasteiger partial charge in [0.2, 0.25) is 0 Å². The Morgan fingerprint density at radius 1 is 1.24 bits per heavy atom. The average molecular weight is 345 g/mol. The molecule has 0 saturated carbocycles. The molecule has 0 spiro atoms. The number of furan rings is 1. The molecular formula is C17H17BrN2O. The van der Waals surface area contributed by atoms with Gasteiger partial charge in [-0.2, -0.15) is 0 Å². The monoisotopic (exact) mass is 344 g/mol. The number of fused-ring (bicyclic) bond motifs is 1. The molecule has 2 heterocycles. The molecule has 3 aromatic rings. The maximum atomic E-state index is 5.98. The van der Waals surface area contributed by atoms with Gasteiger partial charge in [-0.15, -0.1) is 0 Å². The molecule has 0 fully saturated rings. The van der Waals surface area contributed by atoms with Crippen molar-refractivity contribution in [2.45, 2.75) is 19.4 Å². The molecule has 3 rings (SSSR count). The van der Waals surface area contributed by atoms with Crippen LogP contribution in [0.25, 0.3) is 11.0 Å². The third-order valence-electron chi connectivity index (χ3n) is 3.44. The van der Waals surface area contributed by atoms with Gasteiger partial charge in [0, 0.05) is 28.2 Å². The van der Waals surface area contributed by atoms with Gasteiger partial charge < -0.3 is 9.73 Å². The number of benzene rings is 1. The molecule has 2 aromatic heterocycles. The lowest BCUT2D eigenvalue weighted by Gasteiger charge is -2.15. The second-order valence-electron chi connectivity index (χ2n) is 4.97. The van der Waals surface area contributed by atoms with Crippen molar-refractivity contribution in [1.29, 1.82) is 0 Å². The highest BCUT2D eigenvalue weighted by Crippen LogP contribution is 2.26. The van der Waals surface area contributed by atoms with E-state index < -0.39 is 0 Å². The minimum atomic E-state index is 0.135. The lowest BCUT2D eigenvalue weighted by molar-refractivity contribution is 0.432. The largest absolute Gasteiger partial charge is 0.459 e. The van der Waals surface area contributed by atoms with Crippen LogP contribution in [-0.4, -0.2) is 11.5 Å². The summed E-state index contributed by atoms with van der Waals surface area (Å²) in [5.41, 5.74) is 1.98. The summed E-state index contributed by atoms with van der Waals surface area (Å²) in [6, 6.07) is 14.4. The van der Waals surface area contributed by atoms with E-state index in [0.717, 1.165) is 39.9 Å². The predicted molar refractivity (Wildman–Crippen MR) is 88.3 cm³/mol. The fourth-order valence-corrected chi connectivity index (χ4v) is 2.66. The molecule has 21 heavy (non-hydrogen) atoms. The minimum absolute atomic E-state index is 0.135. The number of para-hydroxylation sites is 1. The summed E-state index contributed by atoms with van der Waals surface area (Å²) in [5, 5.41) is 4.62. The topological polar surface area (TPSA) is 38.1 Å². The molecule has 1 atom stereocenters. The second-order valence-corrected chi connectivity index (χ2v) is 5.88. The van der Waals surface area contributed by atoms with Gasteiger partial charge in [0.15, 0.2) is 0 Å². The number of aromatic nitrogens is 1. The van der Waals surface area contributed by atoms with E-state index in [4.69, 9.17) is 4.42 Å². The Morgan fingerprint density at radius 2 is 2.10 bits per heavy atom. The predicted octanol–water partition coefficient (Wildman–Crippen LogP) is 4.48. The van der Waals surface area contributed by atoms with Crippen LogP contribution in [0.5, 0.6) is 0 Å². The summed E-state index contributed by atoms with van der Waals surface area (Å²) >= 11 is 3.41. The lowest BCUT2D eigenvalue weighted by atomic mass is 10.1. The first-order chi connectivity index (χ1) is 10.3. The summed E-state index contributed by atoms with van der Waals surface area (Å²) in [4.78, 5) is 4.45. The van der Waals surface area contributed by atoms with Gasteiger partial charge in [-0.3, -0.25) is 4.98 Å². The smallest absolute Gasteiger partial charge is 0.134 e. The SMILES string of the molecule is CCNC(Cc1ccc(Br)cn1)c1cc2ccccc2o1. The molecule has 0 amide bonds. The molecule has 0 aliphatic rings. The van der Waals surface area contributed by atoms with E-state index in [0.29, 0.717) is 0 Å². The molecule has 3 nitrogen and oxygen atoms in total. The second kappa shape index (κ2) is 6.41. The minimum Gasteiger partial charge on any atom is -0.459 e. The first-order valence-corrected chi connectivity index (χ1v) is 7.88. The molecule has 0 bridgehead atoms. The molecule has 0 aliphatic carbocycles. The zero-order chi connectivity index (χ0) is 14.7. The van der Waals surface area contributed by atoms with Crippen LogP contribution >= 0.6 is 15.9 Å². The Labute approximate surface area is 132 Å². The molecule has 4 heteroatoms. The Balaban J connectivity index is 1.87. The van der Waals surface area contributed by atoms with Crippen LogP contribution in [0.3, 0.4) is 0 Å². The van der Waals surface area contributed by atoms with Crippen molar-refractivity contribution in [2.75, 3.05) is 6.54 Å². The van der Waals surface area contributed by atoms with E-state index in [1.807, 2.05) is 36.5 Å². The van der Waals surface area contributed by atoms with Crippen molar-refractivity contribution < 1.29 is 4.42 Å². The first-order valence-electron chi connectivity index (χ1n) is 7.08. The highest BCUT2D eigenvalue weighted by Gasteiger charge is 2.16. The average Bonchev–Trinajstić information content (AvgIpc) is 2.93. The first kappa shape index (κ1) is 14.3. The Hall–Kier alpha value is -1.65. The highest BCUT2D eigenvalue weighted by atomic mass is 79.9. The number of halogens is 1. The van der Waals surface area contributed by atoms with Crippen LogP contribution in [-0.2, 0) is 6.42 Å². The van der Waals surface area contributed by atoms with E-state index in [1.165, 1.54) is 0 Å². The van der Waals surface area contributed by atoms with Crippen LogP contribution in [0, 0.1) is 0 Å². The van der Waals surface area contributed by atoms with Crippen molar-refractivity contribution in [3.05, 3.63) is 64.6 Å². The molecule has 1 unspecified atom stereocenters. The summed E-state index contributed by atoms with van der Waals surface area (Å²) in [5.74, 6) is 0.961. The summed E-state index contributed by atoms with van der Waals surface area (Å²) in [7, 11) is 0. The van der Waals surface area contributed by atoms with E-state index in [-0.39, 0.29) is 6.04 Å². The number of hydrogen-bond acceptors (Lipinski definition) is 3. The van der Waals surface area contributed by atoms with Gasteiger partial charge in [-0.25, -0.2) is 0 Å². The number of pyridine rings is 1. The third-order valence-corrected chi connectivity index (χ3v) is 3.91. The molecule has 0 saturated heterocycles. The number of nitrogens with zero attached hydrogens (tertiary/aromatic N) is 1. The van der Waals surface area contributed by atoms with Crippen LogP contribution in [0.1, 0.15) is 24.4 Å². The van der Waals surface area contributed by atoms with Crippen LogP contribution in [0.2, 0.25) is 0 Å². The zero-order valence-electron chi connectivity index (χ0n) is 11.8. The fourth-order valence-electron chi connectivity index (χ4n) is 2.43. The van der Waals surface area contributed by atoms with Crippen LogP contribution < -0.4 is 5.32 Å². The van der Waals surface area contributed by atoms with Gasteiger partial charge in [-0.05, 0) is 46.7 Å². The van der Waals surface area contributed by atoms with Crippen molar-refractivity contribution in [1.82, 2.24) is 10.3 Å². The van der Waals surface area contributed by atoms with E-state index in [1.54, 1.807) is 0 Å². The quantitative estimate of drug-likeness (QED) is 0.741. The third kappa shape index (κ3) is 3.34. The van der Waals surface area contributed by atoms with E-state index in [9.17, 15) is 0 Å². The lowest BCUT2D eigenvalue weighted by Crippen LogP contribution is -2.22. The van der Waals surface area contributed by atoms with Crippen molar-refractivity contribution in [3.8, 4) is 0 Å². The van der Waals surface area contributed by atoms with Gasteiger partial charge in [-0.1, -0.05) is 25.1 Å². The Bertz CT molecular complexity index is 688. The highest BCUT2D eigenvalue weighted by molar-refractivity contribution is 9.10. The summed E-state index contributed by atoms with van der Waals surface area (Å²) < 4.78 is 6.97. The Kier molecular flexibility index (Phi) is 4.36. The normalized spacial score (nSPS) is 12.7. The summed E-state index contributed by atoms with van der Waals surface area (Å²) in [6.45, 7) is 2.99. The van der Waals surface area contributed by atoms with E-state index in [2.05, 4.69) is 45.3 Å². The Morgan fingerprint density at radius 3 is 2.81 bits per heavy atom. The number of rotatable bonds is 5. The van der Waals surface area contributed by atoms with Crippen molar-refractivity contribution in [3.63, 3.8) is 0 Å². The van der Waals surface area contributed by atoms with Gasteiger partial charge in [0.25, 0.3) is 0 Å². The zero-order valence-corrected chi connectivity index (χ0v) is 13.4. The molecule has 1 N–H and O–H groups in total. The van der Waals surface area contributed by atoms with Gasteiger partial charge in [0.05, 0.1) is 6.04 Å². The van der Waals surface area contributed by atoms with Crippen LogP contribution in [0.4, 0.5) is 0 Å². The number of nitrogens with one attached hydrogen (secondary N) is 1. The van der Waals surface area contributed by atoms with Crippen molar-refractivity contribution >= 4 is 26.9 Å². The summed E-state index contributed by atoms with van der Waals surface area (Å²) in [6.07, 6.45) is 2.64.